The molecule has 0 radical (unpaired) electrons. The normalized spacial score (nSPS) is 26.1. The summed E-state index contributed by atoms with van der Waals surface area (Å²) in [5, 5.41) is 0. The van der Waals surface area contributed by atoms with Gasteiger partial charge in [-0.3, -0.25) is 9.78 Å². The Labute approximate surface area is 145 Å². The number of pyridine rings is 1. The van der Waals surface area contributed by atoms with E-state index >= 15 is 0 Å². The van der Waals surface area contributed by atoms with Crippen molar-refractivity contribution in [1.29, 1.82) is 0 Å². The average Bonchev–Trinajstić information content (AvgIpc) is 3.36. The molecule has 1 aliphatic carbocycles. The molecular formula is C19H18N2O4. The van der Waals surface area contributed by atoms with E-state index in [-0.39, 0.29) is 24.8 Å². The topological polar surface area (TPSA) is 60.9 Å². The third-order valence-electron chi connectivity index (χ3n) is 5.30. The van der Waals surface area contributed by atoms with Crippen LogP contribution in [0.25, 0.3) is 0 Å². The molecule has 0 N–H and O–H groups in total. The second kappa shape index (κ2) is 5.65. The molecule has 2 bridgehead atoms. The molecule has 5 rings (SSSR count). The Hall–Kier alpha value is -2.76. The zero-order valence-corrected chi connectivity index (χ0v) is 13.6. The number of nitrogens with zero attached hydrogens (tertiary/aromatic N) is 2. The molecule has 1 saturated carbocycles. The van der Waals surface area contributed by atoms with Crippen molar-refractivity contribution in [2.45, 2.75) is 25.0 Å². The van der Waals surface area contributed by atoms with Crippen LogP contribution >= 0.6 is 0 Å². The van der Waals surface area contributed by atoms with E-state index in [4.69, 9.17) is 14.2 Å². The van der Waals surface area contributed by atoms with Crippen molar-refractivity contribution in [2.24, 2.45) is 5.92 Å². The highest BCUT2D eigenvalue weighted by atomic mass is 16.7. The first-order chi connectivity index (χ1) is 12.3. The minimum absolute atomic E-state index is 0.0327. The second-order valence-electron chi connectivity index (χ2n) is 6.70. The van der Waals surface area contributed by atoms with Crippen LogP contribution in [0.4, 0.5) is 0 Å². The van der Waals surface area contributed by atoms with Crippen LogP contribution in [0.15, 0.2) is 42.7 Å². The highest BCUT2D eigenvalue weighted by molar-refractivity contribution is 5.95. The highest BCUT2D eigenvalue weighted by Gasteiger charge is 2.50. The van der Waals surface area contributed by atoms with E-state index in [1.807, 2.05) is 17.0 Å². The number of aromatic nitrogens is 1. The Morgan fingerprint density at radius 2 is 2.12 bits per heavy atom. The minimum Gasteiger partial charge on any atom is -0.486 e. The lowest BCUT2D eigenvalue weighted by Gasteiger charge is -2.27. The molecule has 3 atom stereocenters. The predicted molar refractivity (Wildman–Crippen MR) is 88.8 cm³/mol. The molecule has 3 aliphatic rings. The van der Waals surface area contributed by atoms with Gasteiger partial charge in [-0.2, -0.15) is 0 Å². The summed E-state index contributed by atoms with van der Waals surface area (Å²) in [7, 11) is 0. The van der Waals surface area contributed by atoms with E-state index in [0.29, 0.717) is 23.0 Å². The number of carbonyl (C=O) groups is 1. The van der Waals surface area contributed by atoms with Gasteiger partial charge in [-0.1, -0.05) is 0 Å². The lowest BCUT2D eigenvalue weighted by atomic mass is 10.1. The summed E-state index contributed by atoms with van der Waals surface area (Å²) >= 11 is 0. The van der Waals surface area contributed by atoms with Crippen molar-refractivity contribution in [3.05, 3.63) is 48.3 Å². The van der Waals surface area contributed by atoms with Crippen molar-refractivity contribution < 1.29 is 19.0 Å². The van der Waals surface area contributed by atoms with E-state index in [1.54, 1.807) is 30.6 Å². The number of likely N-dealkylation sites (tertiary alicyclic amines) is 1. The average molecular weight is 338 g/mol. The monoisotopic (exact) mass is 338 g/mol. The molecular weight excluding hydrogens is 320 g/mol. The lowest BCUT2D eigenvalue weighted by molar-refractivity contribution is 0.0666. The maximum Gasteiger partial charge on any atom is 0.254 e. The first-order valence-electron chi connectivity index (χ1n) is 8.57. The van der Waals surface area contributed by atoms with Crippen molar-refractivity contribution in [3.63, 3.8) is 0 Å². The van der Waals surface area contributed by atoms with E-state index in [0.717, 1.165) is 25.1 Å². The number of ether oxygens (including phenoxy) is 3. The first kappa shape index (κ1) is 14.6. The van der Waals surface area contributed by atoms with Crippen LogP contribution in [0, 0.1) is 5.92 Å². The molecule has 2 aliphatic heterocycles. The fourth-order valence-corrected chi connectivity index (χ4v) is 4.12. The van der Waals surface area contributed by atoms with Crippen molar-refractivity contribution >= 4 is 5.91 Å². The zero-order chi connectivity index (χ0) is 16.8. The highest BCUT2D eigenvalue weighted by Crippen LogP contribution is 2.41. The van der Waals surface area contributed by atoms with Gasteiger partial charge in [-0.15, -0.1) is 0 Å². The van der Waals surface area contributed by atoms with Gasteiger partial charge in [0.25, 0.3) is 5.91 Å². The van der Waals surface area contributed by atoms with Crippen LogP contribution in [0.1, 0.15) is 23.2 Å². The molecule has 1 aromatic carbocycles. The quantitative estimate of drug-likeness (QED) is 0.860. The first-order valence-corrected chi connectivity index (χ1v) is 8.57. The number of hydrogen-bond donors (Lipinski definition) is 0. The van der Waals surface area contributed by atoms with Gasteiger partial charge in [0.15, 0.2) is 11.5 Å². The van der Waals surface area contributed by atoms with E-state index < -0.39 is 0 Å². The van der Waals surface area contributed by atoms with Crippen LogP contribution < -0.4 is 14.2 Å². The Kier molecular flexibility index (Phi) is 3.29. The van der Waals surface area contributed by atoms with E-state index in [1.165, 1.54) is 0 Å². The molecule has 2 fully saturated rings. The predicted octanol–water partition coefficient (Wildman–Crippen LogP) is 2.49. The van der Waals surface area contributed by atoms with Crippen LogP contribution in [0.2, 0.25) is 0 Å². The molecule has 6 nitrogen and oxygen atoms in total. The number of hydrogen-bond acceptors (Lipinski definition) is 5. The fourth-order valence-electron chi connectivity index (χ4n) is 4.12. The number of piperidine rings is 1. The minimum atomic E-state index is 0.0327. The van der Waals surface area contributed by atoms with E-state index in [2.05, 4.69) is 4.98 Å². The third-order valence-corrected chi connectivity index (χ3v) is 5.30. The maximum absolute atomic E-state index is 13.0. The Balaban J connectivity index is 1.36. The molecule has 3 heterocycles. The summed E-state index contributed by atoms with van der Waals surface area (Å²) in [5.74, 6) is 2.51. The standard InChI is InChI=1S/C19H18N2O4/c22-19(12-4-6-16-17(8-12)24-11-23-16)21-10-13-3-5-15(21)18(13)25-14-2-1-7-20-9-14/h1-2,4,6-9,13,15,18H,3,5,10-11H2/t13-,15+,18-/m1/s1. The summed E-state index contributed by atoms with van der Waals surface area (Å²) in [6, 6.07) is 9.26. The number of benzene rings is 1. The molecule has 6 heteroatoms. The van der Waals surface area contributed by atoms with Crippen molar-refractivity contribution in [2.75, 3.05) is 13.3 Å². The fraction of sp³-hybridized carbons (Fsp3) is 0.368. The summed E-state index contributed by atoms with van der Waals surface area (Å²) in [5.41, 5.74) is 0.636. The molecule has 1 saturated heterocycles. The van der Waals surface area contributed by atoms with Gasteiger partial charge < -0.3 is 19.1 Å². The summed E-state index contributed by atoms with van der Waals surface area (Å²) in [6.07, 6.45) is 5.57. The van der Waals surface area contributed by atoms with Gasteiger partial charge in [-0.05, 0) is 43.2 Å². The zero-order valence-electron chi connectivity index (χ0n) is 13.6. The van der Waals surface area contributed by atoms with Crippen LogP contribution in [0.5, 0.6) is 17.2 Å². The van der Waals surface area contributed by atoms with Gasteiger partial charge in [0.1, 0.15) is 11.9 Å². The van der Waals surface area contributed by atoms with Crippen LogP contribution in [-0.4, -0.2) is 41.3 Å². The third kappa shape index (κ3) is 2.40. The summed E-state index contributed by atoms with van der Waals surface area (Å²) < 4.78 is 16.9. The SMILES string of the molecule is O=C(c1ccc2c(c1)OCO2)N1C[C@H]2CC[C@H]1[C@@H]2Oc1cccnc1. The number of carbonyl (C=O) groups excluding carboxylic acids is 1. The Morgan fingerprint density at radius 1 is 1.20 bits per heavy atom. The second-order valence-corrected chi connectivity index (χ2v) is 6.70. The smallest absolute Gasteiger partial charge is 0.254 e. The lowest BCUT2D eigenvalue weighted by Crippen LogP contribution is -2.40. The number of fused-ring (bicyclic) bond motifs is 3. The molecule has 2 aromatic rings. The Morgan fingerprint density at radius 3 is 3.00 bits per heavy atom. The largest absolute Gasteiger partial charge is 0.486 e. The van der Waals surface area contributed by atoms with Crippen LogP contribution in [0.3, 0.4) is 0 Å². The maximum atomic E-state index is 13.0. The molecule has 1 aromatic heterocycles. The van der Waals surface area contributed by atoms with Crippen molar-refractivity contribution in [1.82, 2.24) is 9.88 Å². The summed E-state index contributed by atoms with van der Waals surface area (Å²) in [4.78, 5) is 19.0. The van der Waals surface area contributed by atoms with Gasteiger partial charge >= 0.3 is 0 Å². The summed E-state index contributed by atoms with van der Waals surface area (Å²) in [6.45, 7) is 0.950. The molecule has 25 heavy (non-hydrogen) atoms. The van der Waals surface area contributed by atoms with Crippen LogP contribution in [-0.2, 0) is 0 Å². The molecule has 0 spiro atoms. The molecule has 128 valence electrons. The number of amides is 1. The molecule has 1 amide bonds. The van der Waals surface area contributed by atoms with E-state index in [9.17, 15) is 4.79 Å². The van der Waals surface area contributed by atoms with Crippen molar-refractivity contribution in [3.8, 4) is 17.2 Å². The molecule has 0 unspecified atom stereocenters. The van der Waals surface area contributed by atoms with Gasteiger partial charge in [0, 0.05) is 24.2 Å². The van der Waals surface area contributed by atoms with Gasteiger partial charge in [0.05, 0.1) is 12.2 Å². The Bertz CT molecular complexity index is 810. The number of rotatable bonds is 3. The van der Waals surface area contributed by atoms with Gasteiger partial charge in [0.2, 0.25) is 6.79 Å². The van der Waals surface area contributed by atoms with Gasteiger partial charge in [-0.25, -0.2) is 0 Å².